The standard InChI is InChI=1S/C23H35N3OS/c1-22(2,3)16-11-15(12-17(20(16)27)23(4,5)6)18-14-28-21(24-18)19-13-25(7)9-10-26(19)8/h11-12,14,19,27H,9-10,13H2,1-8H3. The molecule has 0 aliphatic carbocycles. The Morgan fingerprint density at radius 1 is 1.00 bits per heavy atom. The third-order valence-corrected chi connectivity index (χ3v) is 6.63. The number of rotatable bonds is 2. The number of likely N-dealkylation sites (N-methyl/N-ethyl adjacent to an activating group) is 2. The van der Waals surface area contributed by atoms with Gasteiger partial charge in [-0.25, -0.2) is 4.98 Å². The Bertz CT molecular complexity index is 809. The number of aromatic hydroxyl groups is 1. The number of aromatic nitrogens is 1. The van der Waals surface area contributed by atoms with Crippen molar-refractivity contribution in [1.29, 1.82) is 0 Å². The van der Waals surface area contributed by atoms with Gasteiger partial charge in [-0.05, 0) is 37.1 Å². The fourth-order valence-electron chi connectivity index (χ4n) is 3.78. The summed E-state index contributed by atoms with van der Waals surface area (Å²) in [7, 11) is 4.37. The molecule has 1 aliphatic rings. The Balaban J connectivity index is 2.06. The van der Waals surface area contributed by atoms with Crippen LogP contribution in [0.5, 0.6) is 5.75 Å². The lowest BCUT2D eigenvalue weighted by Gasteiger charge is -2.36. The zero-order chi connectivity index (χ0) is 20.9. The van der Waals surface area contributed by atoms with E-state index in [1.807, 2.05) is 0 Å². The van der Waals surface area contributed by atoms with Crippen LogP contribution in [0.1, 0.15) is 63.7 Å². The number of piperazine rings is 1. The molecule has 0 saturated carbocycles. The minimum absolute atomic E-state index is 0.134. The quantitative estimate of drug-likeness (QED) is 0.766. The minimum atomic E-state index is -0.134. The van der Waals surface area contributed by atoms with Gasteiger partial charge in [0.2, 0.25) is 0 Å². The minimum Gasteiger partial charge on any atom is -0.507 e. The number of hydrogen-bond donors (Lipinski definition) is 1. The number of thiazole rings is 1. The second-order valence-corrected chi connectivity index (χ2v) is 11.1. The summed E-state index contributed by atoms with van der Waals surface area (Å²) in [6.07, 6.45) is 0. The van der Waals surface area contributed by atoms with E-state index in [-0.39, 0.29) is 10.8 Å². The van der Waals surface area contributed by atoms with Gasteiger partial charge in [0.25, 0.3) is 0 Å². The van der Waals surface area contributed by atoms with Crippen LogP contribution in [0.3, 0.4) is 0 Å². The summed E-state index contributed by atoms with van der Waals surface area (Å²) < 4.78 is 0. The molecule has 154 valence electrons. The molecule has 28 heavy (non-hydrogen) atoms. The van der Waals surface area contributed by atoms with Gasteiger partial charge in [-0.1, -0.05) is 41.5 Å². The first-order valence-corrected chi connectivity index (χ1v) is 11.0. The molecule has 1 aromatic heterocycles. The van der Waals surface area contributed by atoms with E-state index in [0.29, 0.717) is 11.8 Å². The normalized spacial score (nSPS) is 19.9. The van der Waals surface area contributed by atoms with Crippen LogP contribution in [0.25, 0.3) is 11.3 Å². The van der Waals surface area contributed by atoms with Crippen molar-refractivity contribution in [1.82, 2.24) is 14.8 Å². The zero-order valence-electron chi connectivity index (χ0n) is 18.6. The Hall–Kier alpha value is -1.43. The predicted octanol–water partition coefficient (Wildman–Crippen LogP) is 5.03. The highest BCUT2D eigenvalue weighted by molar-refractivity contribution is 7.10. The van der Waals surface area contributed by atoms with Gasteiger partial charge in [0, 0.05) is 41.7 Å². The molecule has 0 spiro atoms. The van der Waals surface area contributed by atoms with Gasteiger partial charge in [0.15, 0.2) is 0 Å². The monoisotopic (exact) mass is 401 g/mol. The smallest absolute Gasteiger partial charge is 0.123 e. The molecule has 1 fully saturated rings. The summed E-state index contributed by atoms with van der Waals surface area (Å²) >= 11 is 1.75. The molecule has 1 saturated heterocycles. The van der Waals surface area contributed by atoms with Crippen LogP contribution in [0.15, 0.2) is 17.5 Å². The molecule has 0 bridgehead atoms. The van der Waals surface area contributed by atoms with Gasteiger partial charge >= 0.3 is 0 Å². The first kappa shape index (κ1) is 21.3. The molecule has 5 heteroatoms. The fourth-order valence-corrected chi connectivity index (χ4v) is 4.76. The molecule has 1 aliphatic heterocycles. The summed E-state index contributed by atoms with van der Waals surface area (Å²) in [5.74, 6) is 0.424. The maximum atomic E-state index is 11.0. The maximum absolute atomic E-state index is 11.0. The molecule has 1 N–H and O–H groups in total. The molecule has 3 rings (SSSR count). The van der Waals surface area contributed by atoms with Crippen molar-refractivity contribution in [3.63, 3.8) is 0 Å². The third kappa shape index (κ3) is 4.27. The number of benzene rings is 1. The van der Waals surface area contributed by atoms with Gasteiger partial charge in [-0.15, -0.1) is 11.3 Å². The van der Waals surface area contributed by atoms with Crippen molar-refractivity contribution >= 4 is 11.3 Å². The van der Waals surface area contributed by atoms with Crippen LogP contribution in [0.2, 0.25) is 0 Å². The number of hydrogen-bond acceptors (Lipinski definition) is 5. The van der Waals surface area contributed by atoms with Crippen LogP contribution in [0, 0.1) is 0 Å². The summed E-state index contributed by atoms with van der Waals surface area (Å²) in [5.41, 5.74) is 3.81. The first-order chi connectivity index (χ1) is 12.9. The van der Waals surface area contributed by atoms with E-state index in [4.69, 9.17) is 4.98 Å². The molecular formula is C23H35N3OS. The lowest BCUT2D eigenvalue weighted by Crippen LogP contribution is -2.44. The summed E-state index contributed by atoms with van der Waals surface area (Å²) in [5, 5.41) is 14.3. The molecule has 1 aromatic carbocycles. The zero-order valence-corrected chi connectivity index (χ0v) is 19.4. The highest BCUT2D eigenvalue weighted by atomic mass is 32.1. The van der Waals surface area contributed by atoms with Crippen LogP contribution >= 0.6 is 11.3 Å². The van der Waals surface area contributed by atoms with Crippen LogP contribution in [-0.2, 0) is 10.8 Å². The molecule has 4 nitrogen and oxygen atoms in total. The van der Waals surface area contributed by atoms with Crippen molar-refractivity contribution in [3.8, 4) is 17.0 Å². The Kier molecular flexibility index (Phi) is 5.65. The largest absolute Gasteiger partial charge is 0.507 e. The molecule has 1 atom stereocenters. The average Bonchev–Trinajstić information content (AvgIpc) is 3.05. The molecule has 0 radical (unpaired) electrons. The second kappa shape index (κ2) is 7.43. The first-order valence-electron chi connectivity index (χ1n) is 10.1. The van der Waals surface area contributed by atoms with Crippen molar-refractivity contribution in [2.24, 2.45) is 0 Å². The second-order valence-electron chi connectivity index (χ2n) is 10.2. The Morgan fingerprint density at radius 2 is 1.57 bits per heavy atom. The number of phenols is 1. The molecule has 2 aromatic rings. The lowest BCUT2D eigenvalue weighted by molar-refractivity contribution is 0.115. The molecule has 2 heterocycles. The van der Waals surface area contributed by atoms with E-state index in [1.54, 1.807) is 11.3 Å². The molecular weight excluding hydrogens is 366 g/mol. The highest BCUT2D eigenvalue weighted by Crippen LogP contribution is 2.42. The summed E-state index contributed by atoms with van der Waals surface area (Å²) in [6.45, 7) is 16.1. The maximum Gasteiger partial charge on any atom is 0.123 e. The van der Waals surface area contributed by atoms with Crippen molar-refractivity contribution in [2.75, 3.05) is 33.7 Å². The van der Waals surface area contributed by atoms with E-state index in [2.05, 4.69) is 83.0 Å². The highest BCUT2D eigenvalue weighted by Gasteiger charge is 2.29. The van der Waals surface area contributed by atoms with E-state index in [9.17, 15) is 5.11 Å². The Morgan fingerprint density at radius 3 is 2.11 bits per heavy atom. The van der Waals surface area contributed by atoms with E-state index in [0.717, 1.165) is 42.0 Å². The van der Waals surface area contributed by atoms with Gasteiger partial charge in [0.05, 0.1) is 11.7 Å². The summed E-state index contributed by atoms with van der Waals surface area (Å²) in [4.78, 5) is 9.81. The lowest BCUT2D eigenvalue weighted by atomic mass is 9.78. The topological polar surface area (TPSA) is 39.6 Å². The Labute approximate surface area is 174 Å². The van der Waals surface area contributed by atoms with E-state index >= 15 is 0 Å². The van der Waals surface area contributed by atoms with Crippen LogP contribution < -0.4 is 0 Å². The molecule has 1 unspecified atom stereocenters. The van der Waals surface area contributed by atoms with Gasteiger partial charge in [-0.2, -0.15) is 0 Å². The van der Waals surface area contributed by atoms with Gasteiger partial charge in [-0.3, -0.25) is 4.90 Å². The van der Waals surface area contributed by atoms with Crippen molar-refractivity contribution in [3.05, 3.63) is 33.6 Å². The van der Waals surface area contributed by atoms with Gasteiger partial charge < -0.3 is 10.0 Å². The SMILES string of the molecule is CN1CCN(C)C(c2nc(-c3cc(C(C)(C)C)c(O)c(C(C)(C)C)c3)cs2)C1. The summed E-state index contributed by atoms with van der Waals surface area (Å²) in [6, 6.07) is 4.60. The van der Waals surface area contributed by atoms with Crippen LogP contribution in [0.4, 0.5) is 0 Å². The van der Waals surface area contributed by atoms with Crippen LogP contribution in [-0.4, -0.2) is 53.6 Å². The van der Waals surface area contributed by atoms with E-state index < -0.39 is 0 Å². The average molecular weight is 402 g/mol. The number of nitrogens with zero attached hydrogens (tertiary/aromatic N) is 3. The van der Waals surface area contributed by atoms with E-state index in [1.165, 1.54) is 5.01 Å². The van der Waals surface area contributed by atoms with Crippen molar-refractivity contribution < 1.29 is 5.11 Å². The predicted molar refractivity (Wildman–Crippen MR) is 119 cm³/mol. The van der Waals surface area contributed by atoms with Crippen molar-refractivity contribution in [2.45, 2.75) is 58.4 Å². The number of phenolic OH excluding ortho intramolecular Hbond substituents is 1. The third-order valence-electron chi connectivity index (χ3n) is 5.68. The van der Waals surface area contributed by atoms with Gasteiger partial charge in [0.1, 0.15) is 10.8 Å². The molecule has 0 amide bonds. The fraction of sp³-hybridized carbons (Fsp3) is 0.609.